The SMILES string of the molecule is CC(N)C(=O)CCOC(C)(C)CCOC(C)(C)CCN. The molecule has 1 unspecified atom stereocenters. The van der Waals surface area contributed by atoms with Crippen molar-refractivity contribution in [3.63, 3.8) is 0 Å². The smallest absolute Gasteiger partial charge is 0.151 e. The van der Waals surface area contributed by atoms with Crippen LogP contribution in [0.2, 0.25) is 0 Å². The number of ketones is 1. The molecule has 0 aliphatic heterocycles. The summed E-state index contributed by atoms with van der Waals surface area (Å²) in [4.78, 5) is 11.4. The number of carbonyl (C=O) groups is 1. The zero-order chi connectivity index (χ0) is 15.8. The Kier molecular flexibility index (Phi) is 8.51. The van der Waals surface area contributed by atoms with E-state index in [0.717, 1.165) is 12.8 Å². The van der Waals surface area contributed by atoms with Crippen molar-refractivity contribution in [1.82, 2.24) is 0 Å². The first-order valence-electron chi connectivity index (χ1n) is 7.36. The maximum atomic E-state index is 11.4. The second-order valence-electron chi connectivity index (χ2n) is 6.51. The number of hydrogen-bond donors (Lipinski definition) is 2. The Morgan fingerprint density at radius 1 is 1.05 bits per heavy atom. The molecule has 5 heteroatoms. The van der Waals surface area contributed by atoms with Gasteiger partial charge < -0.3 is 20.9 Å². The van der Waals surface area contributed by atoms with Gasteiger partial charge in [0.25, 0.3) is 0 Å². The number of rotatable bonds is 11. The molecule has 120 valence electrons. The second kappa shape index (κ2) is 8.72. The fourth-order valence-electron chi connectivity index (χ4n) is 1.72. The second-order valence-corrected chi connectivity index (χ2v) is 6.51. The number of carbonyl (C=O) groups excluding carboxylic acids is 1. The average Bonchev–Trinajstić information content (AvgIpc) is 2.27. The van der Waals surface area contributed by atoms with Crippen LogP contribution in [0, 0.1) is 0 Å². The van der Waals surface area contributed by atoms with Gasteiger partial charge in [0.2, 0.25) is 0 Å². The van der Waals surface area contributed by atoms with Crippen molar-refractivity contribution in [2.45, 2.75) is 71.1 Å². The van der Waals surface area contributed by atoms with Crippen LogP contribution >= 0.6 is 0 Å². The molecule has 5 nitrogen and oxygen atoms in total. The van der Waals surface area contributed by atoms with Crippen LogP contribution in [-0.2, 0) is 14.3 Å². The molecule has 0 amide bonds. The quantitative estimate of drug-likeness (QED) is 0.603. The first-order valence-corrected chi connectivity index (χ1v) is 7.36. The molecule has 0 heterocycles. The first kappa shape index (κ1) is 19.5. The fourth-order valence-corrected chi connectivity index (χ4v) is 1.72. The Labute approximate surface area is 123 Å². The molecule has 0 aliphatic carbocycles. The molecular weight excluding hydrogens is 256 g/mol. The average molecular weight is 288 g/mol. The third kappa shape index (κ3) is 9.42. The van der Waals surface area contributed by atoms with Crippen molar-refractivity contribution >= 4 is 5.78 Å². The van der Waals surface area contributed by atoms with Gasteiger partial charge in [-0.25, -0.2) is 0 Å². The summed E-state index contributed by atoms with van der Waals surface area (Å²) in [6.07, 6.45) is 1.96. The summed E-state index contributed by atoms with van der Waals surface area (Å²) in [7, 11) is 0. The monoisotopic (exact) mass is 288 g/mol. The van der Waals surface area contributed by atoms with Crippen LogP contribution in [0.25, 0.3) is 0 Å². The molecular formula is C15H32N2O3. The molecule has 4 N–H and O–H groups in total. The van der Waals surface area contributed by atoms with E-state index in [1.165, 1.54) is 0 Å². The molecule has 0 aromatic carbocycles. The Hall–Kier alpha value is -0.490. The van der Waals surface area contributed by atoms with Crippen molar-refractivity contribution < 1.29 is 14.3 Å². The van der Waals surface area contributed by atoms with E-state index in [-0.39, 0.29) is 17.0 Å². The molecule has 0 fully saturated rings. The predicted octanol–water partition coefficient (Wildman–Crippen LogP) is 1.62. The van der Waals surface area contributed by atoms with Crippen molar-refractivity contribution in [2.75, 3.05) is 19.8 Å². The topological polar surface area (TPSA) is 87.6 Å². The highest BCUT2D eigenvalue weighted by Crippen LogP contribution is 2.19. The molecule has 0 bridgehead atoms. The standard InChI is InChI=1S/C15H32N2O3/c1-12(17)13(18)6-10-19-15(4,5)8-11-20-14(2,3)7-9-16/h12H,6-11,16-17H2,1-5H3. The zero-order valence-corrected chi connectivity index (χ0v) is 13.7. The Morgan fingerprint density at radius 2 is 1.55 bits per heavy atom. The maximum absolute atomic E-state index is 11.4. The van der Waals surface area contributed by atoms with Crippen LogP contribution in [0.1, 0.15) is 53.9 Å². The first-order chi connectivity index (χ1) is 9.09. The van der Waals surface area contributed by atoms with Crippen molar-refractivity contribution in [2.24, 2.45) is 11.5 Å². The highest BCUT2D eigenvalue weighted by Gasteiger charge is 2.22. The Morgan fingerprint density at radius 3 is 2.05 bits per heavy atom. The van der Waals surface area contributed by atoms with E-state index >= 15 is 0 Å². The number of ether oxygens (including phenoxy) is 2. The van der Waals surface area contributed by atoms with E-state index in [1.807, 2.05) is 27.7 Å². The lowest BCUT2D eigenvalue weighted by Crippen LogP contribution is -2.33. The van der Waals surface area contributed by atoms with Gasteiger partial charge in [0.1, 0.15) is 0 Å². The molecule has 0 aromatic rings. The van der Waals surface area contributed by atoms with Crippen LogP contribution in [-0.4, -0.2) is 42.8 Å². The molecule has 0 radical (unpaired) electrons. The predicted molar refractivity (Wildman–Crippen MR) is 81.6 cm³/mol. The molecule has 0 aromatic heterocycles. The third-order valence-electron chi connectivity index (χ3n) is 3.29. The van der Waals surface area contributed by atoms with E-state index in [0.29, 0.717) is 26.2 Å². The van der Waals surface area contributed by atoms with Crippen LogP contribution in [0.4, 0.5) is 0 Å². The van der Waals surface area contributed by atoms with Gasteiger partial charge in [-0.05, 0) is 54.0 Å². The van der Waals surface area contributed by atoms with Crippen LogP contribution in [0.5, 0.6) is 0 Å². The summed E-state index contributed by atoms with van der Waals surface area (Å²) in [5.74, 6) is 0.0288. The summed E-state index contributed by atoms with van der Waals surface area (Å²) in [5.41, 5.74) is 10.5. The van der Waals surface area contributed by atoms with Gasteiger partial charge in [0, 0.05) is 6.42 Å². The van der Waals surface area contributed by atoms with E-state index in [2.05, 4.69) is 0 Å². The summed E-state index contributed by atoms with van der Waals surface area (Å²) >= 11 is 0. The van der Waals surface area contributed by atoms with Crippen molar-refractivity contribution in [3.05, 3.63) is 0 Å². The van der Waals surface area contributed by atoms with Crippen molar-refractivity contribution in [3.8, 4) is 0 Å². The molecule has 0 saturated carbocycles. The molecule has 20 heavy (non-hydrogen) atoms. The number of nitrogens with two attached hydrogens (primary N) is 2. The van der Waals surface area contributed by atoms with E-state index in [9.17, 15) is 4.79 Å². The third-order valence-corrected chi connectivity index (χ3v) is 3.29. The molecule has 0 rings (SSSR count). The minimum atomic E-state index is -0.415. The molecule has 0 aliphatic rings. The molecule has 0 saturated heterocycles. The van der Waals surface area contributed by atoms with Gasteiger partial charge in [-0.15, -0.1) is 0 Å². The van der Waals surface area contributed by atoms with Gasteiger partial charge in [0.05, 0.1) is 30.5 Å². The molecule has 1 atom stereocenters. The minimum Gasteiger partial charge on any atom is -0.375 e. The largest absolute Gasteiger partial charge is 0.375 e. The lowest BCUT2D eigenvalue weighted by Gasteiger charge is -2.29. The maximum Gasteiger partial charge on any atom is 0.151 e. The highest BCUT2D eigenvalue weighted by atomic mass is 16.5. The number of hydrogen-bond acceptors (Lipinski definition) is 5. The number of Topliss-reactive ketones (excluding diaryl/α,β-unsaturated/α-hetero) is 1. The van der Waals surface area contributed by atoms with Crippen LogP contribution in [0.3, 0.4) is 0 Å². The summed E-state index contributed by atoms with van der Waals surface area (Å²) in [5, 5.41) is 0. The van der Waals surface area contributed by atoms with Gasteiger partial charge in [-0.1, -0.05) is 0 Å². The summed E-state index contributed by atoms with van der Waals surface area (Å²) in [6.45, 7) is 11.4. The van der Waals surface area contributed by atoms with Gasteiger partial charge in [-0.3, -0.25) is 4.79 Å². The fraction of sp³-hybridized carbons (Fsp3) is 0.933. The normalized spacial score (nSPS) is 14.3. The summed E-state index contributed by atoms with van der Waals surface area (Å²) in [6, 6.07) is -0.415. The van der Waals surface area contributed by atoms with Gasteiger partial charge in [-0.2, -0.15) is 0 Å². The Bertz CT molecular complexity index is 289. The zero-order valence-electron chi connectivity index (χ0n) is 13.7. The summed E-state index contributed by atoms with van der Waals surface area (Å²) < 4.78 is 11.6. The van der Waals surface area contributed by atoms with E-state index in [1.54, 1.807) is 6.92 Å². The van der Waals surface area contributed by atoms with Gasteiger partial charge >= 0.3 is 0 Å². The van der Waals surface area contributed by atoms with Gasteiger partial charge in [0.15, 0.2) is 5.78 Å². The van der Waals surface area contributed by atoms with Crippen molar-refractivity contribution in [1.29, 1.82) is 0 Å². The van der Waals surface area contributed by atoms with E-state index < -0.39 is 6.04 Å². The lowest BCUT2D eigenvalue weighted by atomic mass is 10.0. The Balaban J connectivity index is 3.93. The van der Waals surface area contributed by atoms with E-state index in [4.69, 9.17) is 20.9 Å². The lowest BCUT2D eigenvalue weighted by molar-refractivity contribution is -0.123. The molecule has 0 spiro atoms. The van der Waals surface area contributed by atoms with Crippen LogP contribution in [0.15, 0.2) is 0 Å². The highest BCUT2D eigenvalue weighted by molar-refractivity contribution is 5.83. The van der Waals surface area contributed by atoms with Crippen LogP contribution < -0.4 is 11.5 Å². The minimum absolute atomic E-state index is 0.0288.